The second-order valence-electron chi connectivity index (χ2n) is 6.52. The van der Waals surface area contributed by atoms with Crippen molar-refractivity contribution in [3.05, 3.63) is 0 Å². The largest absolute Gasteiger partial charge is 0.444 e. The molecular weight excluding hydrogens is 252 g/mol. The summed E-state index contributed by atoms with van der Waals surface area (Å²) in [6, 6.07) is 0. The number of hydrogen-bond donors (Lipinski definition) is 2. The lowest BCUT2D eigenvalue weighted by atomic mass is 10.1. The Balaban J connectivity index is 3.45. The van der Waals surface area contributed by atoms with E-state index in [1.54, 1.807) is 0 Å². The Labute approximate surface area is 124 Å². The maximum atomic E-state index is 11.5. The van der Waals surface area contributed by atoms with Gasteiger partial charge in [0.1, 0.15) is 5.60 Å². The summed E-state index contributed by atoms with van der Waals surface area (Å²) >= 11 is 0. The van der Waals surface area contributed by atoms with Crippen LogP contribution in [0.1, 0.15) is 85.5 Å². The van der Waals surface area contributed by atoms with Gasteiger partial charge in [-0.3, -0.25) is 0 Å². The number of carbonyl (C=O) groups is 1. The van der Waals surface area contributed by atoms with E-state index in [0.717, 1.165) is 12.8 Å². The summed E-state index contributed by atoms with van der Waals surface area (Å²) in [6.07, 6.45) is 10.3. The fourth-order valence-corrected chi connectivity index (χ4v) is 2.03. The van der Waals surface area contributed by atoms with Crippen molar-refractivity contribution < 1.29 is 9.53 Å². The second-order valence-corrected chi connectivity index (χ2v) is 6.52. The van der Waals surface area contributed by atoms with Gasteiger partial charge in [-0.2, -0.15) is 0 Å². The molecule has 0 aliphatic rings. The van der Waals surface area contributed by atoms with E-state index in [-0.39, 0.29) is 6.17 Å². The molecule has 4 nitrogen and oxygen atoms in total. The van der Waals surface area contributed by atoms with Crippen molar-refractivity contribution in [3.63, 3.8) is 0 Å². The molecule has 0 aliphatic carbocycles. The normalized spacial score (nSPS) is 13.1. The number of nitrogens with two attached hydrogens (primary N) is 1. The predicted octanol–water partition coefficient (Wildman–Crippen LogP) is 4.33. The minimum Gasteiger partial charge on any atom is -0.444 e. The van der Waals surface area contributed by atoms with E-state index in [2.05, 4.69) is 12.2 Å². The van der Waals surface area contributed by atoms with E-state index in [9.17, 15) is 4.79 Å². The van der Waals surface area contributed by atoms with E-state index in [0.29, 0.717) is 0 Å². The number of nitrogens with one attached hydrogen (secondary N) is 1. The van der Waals surface area contributed by atoms with Gasteiger partial charge in [0.2, 0.25) is 0 Å². The molecule has 1 amide bonds. The lowest BCUT2D eigenvalue weighted by Crippen LogP contribution is -2.44. The number of amides is 1. The van der Waals surface area contributed by atoms with Crippen molar-refractivity contribution in [2.24, 2.45) is 5.73 Å². The molecule has 0 aromatic rings. The zero-order valence-corrected chi connectivity index (χ0v) is 13.8. The Bertz CT molecular complexity index is 249. The molecule has 1 unspecified atom stereocenters. The average molecular weight is 286 g/mol. The van der Waals surface area contributed by atoms with Crippen LogP contribution in [0.5, 0.6) is 0 Å². The van der Waals surface area contributed by atoms with E-state index < -0.39 is 11.7 Å². The molecule has 0 aromatic heterocycles. The van der Waals surface area contributed by atoms with Crippen LogP contribution in [0.4, 0.5) is 4.79 Å². The summed E-state index contributed by atoms with van der Waals surface area (Å²) < 4.78 is 5.16. The predicted molar refractivity (Wildman–Crippen MR) is 84.6 cm³/mol. The van der Waals surface area contributed by atoms with E-state index in [1.165, 1.54) is 44.9 Å². The summed E-state index contributed by atoms with van der Waals surface area (Å²) in [5.74, 6) is 0. The zero-order chi connectivity index (χ0) is 15.4. The molecule has 20 heavy (non-hydrogen) atoms. The highest BCUT2D eigenvalue weighted by molar-refractivity contribution is 5.67. The molecule has 0 heterocycles. The summed E-state index contributed by atoms with van der Waals surface area (Å²) in [4.78, 5) is 11.5. The average Bonchev–Trinajstić information content (AvgIpc) is 2.30. The molecule has 0 spiro atoms. The molecule has 0 saturated heterocycles. The van der Waals surface area contributed by atoms with Gasteiger partial charge in [0.05, 0.1) is 6.17 Å². The van der Waals surface area contributed by atoms with Crippen molar-refractivity contribution in [1.82, 2.24) is 5.32 Å². The zero-order valence-electron chi connectivity index (χ0n) is 13.8. The van der Waals surface area contributed by atoms with Gasteiger partial charge in [-0.15, -0.1) is 0 Å². The van der Waals surface area contributed by atoms with Crippen LogP contribution in [-0.2, 0) is 4.74 Å². The summed E-state index contributed by atoms with van der Waals surface area (Å²) in [6.45, 7) is 7.77. The number of ether oxygens (including phenoxy) is 1. The van der Waals surface area contributed by atoms with Crippen molar-refractivity contribution in [3.8, 4) is 0 Å². The van der Waals surface area contributed by atoms with Crippen LogP contribution in [-0.4, -0.2) is 17.9 Å². The first-order valence-corrected chi connectivity index (χ1v) is 8.10. The number of alkyl carbamates (subject to hydrolysis) is 1. The van der Waals surface area contributed by atoms with E-state index >= 15 is 0 Å². The van der Waals surface area contributed by atoms with Gasteiger partial charge in [-0.05, 0) is 27.2 Å². The highest BCUT2D eigenvalue weighted by atomic mass is 16.6. The molecular formula is C16H34N2O2. The van der Waals surface area contributed by atoms with Gasteiger partial charge in [0.25, 0.3) is 0 Å². The molecule has 0 fully saturated rings. The maximum Gasteiger partial charge on any atom is 0.408 e. The van der Waals surface area contributed by atoms with Crippen LogP contribution < -0.4 is 11.1 Å². The number of carbonyl (C=O) groups excluding carboxylic acids is 1. The lowest BCUT2D eigenvalue weighted by molar-refractivity contribution is 0.0503. The molecule has 3 N–H and O–H groups in total. The molecule has 0 saturated carbocycles. The van der Waals surface area contributed by atoms with Crippen LogP contribution in [0.25, 0.3) is 0 Å². The third kappa shape index (κ3) is 13.7. The fourth-order valence-electron chi connectivity index (χ4n) is 2.03. The lowest BCUT2D eigenvalue weighted by Gasteiger charge is -2.21. The SMILES string of the molecule is CCCCCCCCCCC(N)NC(=O)OC(C)(C)C. The molecule has 120 valence electrons. The van der Waals surface area contributed by atoms with Gasteiger partial charge in [0.15, 0.2) is 0 Å². The van der Waals surface area contributed by atoms with Crippen LogP contribution in [0.3, 0.4) is 0 Å². The van der Waals surface area contributed by atoms with E-state index in [1.807, 2.05) is 20.8 Å². The minimum atomic E-state index is -0.470. The number of rotatable bonds is 10. The van der Waals surface area contributed by atoms with Gasteiger partial charge in [0, 0.05) is 0 Å². The van der Waals surface area contributed by atoms with Gasteiger partial charge in [-0.1, -0.05) is 58.3 Å². The topological polar surface area (TPSA) is 64.3 Å². The molecule has 0 aromatic carbocycles. The first-order chi connectivity index (χ1) is 9.35. The molecule has 4 heteroatoms. The standard InChI is InChI=1S/C16H34N2O2/c1-5-6-7-8-9-10-11-12-13-14(17)18-15(19)20-16(2,3)4/h14H,5-13,17H2,1-4H3,(H,18,19). The summed E-state index contributed by atoms with van der Waals surface area (Å²) in [5.41, 5.74) is 5.39. The fraction of sp³-hybridized carbons (Fsp3) is 0.938. The Hall–Kier alpha value is -0.770. The number of hydrogen-bond acceptors (Lipinski definition) is 3. The van der Waals surface area contributed by atoms with Crippen molar-refractivity contribution >= 4 is 6.09 Å². The van der Waals surface area contributed by atoms with Gasteiger partial charge >= 0.3 is 6.09 Å². The first kappa shape index (κ1) is 19.2. The highest BCUT2D eigenvalue weighted by Gasteiger charge is 2.17. The third-order valence-corrected chi connectivity index (χ3v) is 3.07. The van der Waals surface area contributed by atoms with Crippen molar-refractivity contribution in [2.45, 2.75) is 97.2 Å². The molecule has 1 atom stereocenters. The smallest absolute Gasteiger partial charge is 0.408 e. The summed E-state index contributed by atoms with van der Waals surface area (Å²) in [7, 11) is 0. The minimum absolute atomic E-state index is 0.301. The number of unbranched alkanes of at least 4 members (excludes halogenated alkanes) is 7. The highest BCUT2D eigenvalue weighted by Crippen LogP contribution is 2.10. The molecule has 0 aliphatic heterocycles. The van der Waals surface area contributed by atoms with Crippen LogP contribution >= 0.6 is 0 Å². The van der Waals surface area contributed by atoms with Crippen LogP contribution in [0.2, 0.25) is 0 Å². The molecule has 0 bridgehead atoms. The third-order valence-electron chi connectivity index (χ3n) is 3.07. The Kier molecular flexibility index (Phi) is 10.5. The van der Waals surface area contributed by atoms with E-state index in [4.69, 9.17) is 10.5 Å². The molecule has 0 radical (unpaired) electrons. The molecule has 0 rings (SSSR count). The first-order valence-electron chi connectivity index (χ1n) is 8.10. The summed E-state index contributed by atoms with van der Waals surface area (Å²) in [5, 5.41) is 2.67. The van der Waals surface area contributed by atoms with Crippen molar-refractivity contribution in [2.75, 3.05) is 0 Å². The van der Waals surface area contributed by atoms with Gasteiger partial charge < -0.3 is 15.8 Å². The Morgan fingerprint density at radius 1 is 1.05 bits per heavy atom. The Morgan fingerprint density at radius 2 is 1.55 bits per heavy atom. The maximum absolute atomic E-state index is 11.5. The second kappa shape index (κ2) is 11.0. The Morgan fingerprint density at radius 3 is 2.05 bits per heavy atom. The monoisotopic (exact) mass is 286 g/mol. The van der Waals surface area contributed by atoms with Crippen molar-refractivity contribution in [1.29, 1.82) is 0 Å². The van der Waals surface area contributed by atoms with Gasteiger partial charge in [-0.25, -0.2) is 4.79 Å². The quantitative estimate of drug-likeness (QED) is 0.464. The van der Waals surface area contributed by atoms with Crippen LogP contribution in [0.15, 0.2) is 0 Å². The van der Waals surface area contributed by atoms with Crippen LogP contribution in [0, 0.1) is 0 Å².